The molecule has 0 N–H and O–H groups in total. The maximum Gasteiger partial charge on any atom is 0.471 e. The third kappa shape index (κ3) is 3.58. The Morgan fingerprint density at radius 2 is 2.00 bits per heavy atom. The average Bonchev–Trinajstić information content (AvgIpc) is 2.54. The summed E-state index contributed by atoms with van der Waals surface area (Å²) in [5.74, 6) is -1.96. The second-order valence-electron chi connectivity index (χ2n) is 4.52. The van der Waals surface area contributed by atoms with E-state index in [4.69, 9.17) is 0 Å². The van der Waals surface area contributed by atoms with E-state index in [-0.39, 0.29) is 13.0 Å². The van der Waals surface area contributed by atoms with E-state index in [1.54, 1.807) is 0 Å². The topological polar surface area (TPSA) is 63.7 Å². The number of nitrogens with zero attached hydrogens (tertiary/aromatic N) is 1. The molecule has 0 aromatic heterocycles. The van der Waals surface area contributed by atoms with Crippen LogP contribution in [0.3, 0.4) is 0 Å². The number of amides is 1. The van der Waals surface area contributed by atoms with Gasteiger partial charge in [-0.3, -0.25) is 8.98 Å². The molecule has 1 aliphatic rings. The number of rotatable bonds is 3. The van der Waals surface area contributed by atoms with E-state index in [2.05, 4.69) is 4.18 Å². The lowest BCUT2D eigenvalue weighted by atomic mass is 10.0. The first-order chi connectivity index (χ1) is 7.96. The molecule has 0 unspecified atom stereocenters. The van der Waals surface area contributed by atoms with Gasteiger partial charge >= 0.3 is 12.1 Å². The molecule has 0 aromatic rings. The van der Waals surface area contributed by atoms with Gasteiger partial charge in [0.1, 0.15) is 0 Å². The molecule has 0 aliphatic carbocycles. The van der Waals surface area contributed by atoms with Gasteiger partial charge in [-0.15, -0.1) is 0 Å². The zero-order valence-corrected chi connectivity index (χ0v) is 10.8. The molecule has 106 valence electrons. The lowest BCUT2D eigenvalue weighted by Crippen LogP contribution is -2.53. The van der Waals surface area contributed by atoms with Crippen molar-refractivity contribution in [2.75, 3.05) is 19.4 Å². The summed E-state index contributed by atoms with van der Waals surface area (Å²) in [6.45, 7) is 0.866. The summed E-state index contributed by atoms with van der Waals surface area (Å²) in [4.78, 5) is 11.8. The summed E-state index contributed by atoms with van der Waals surface area (Å²) in [6.07, 6.45) is -3.51. The van der Waals surface area contributed by atoms with Crippen LogP contribution in [0, 0.1) is 0 Å². The van der Waals surface area contributed by atoms with Gasteiger partial charge < -0.3 is 4.90 Å². The minimum Gasteiger partial charge on any atom is -0.327 e. The fourth-order valence-corrected chi connectivity index (χ4v) is 2.37. The van der Waals surface area contributed by atoms with Crippen molar-refractivity contribution in [2.24, 2.45) is 0 Å². The van der Waals surface area contributed by atoms with E-state index in [1.807, 2.05) is 0 Å². The van der Waals surface area contributed by atoms with Crippen LogP contribution in [-0.4, -0.2) is 50.3 Å². The van der Waals surface area contributed by atoms with Crippen LogP contribution < -0.4 is 0 Å². The molecule has 0 saturated carbocycles. The minimum absolute atomic E-state index is 0.0536. The molecule has 0 radical (unpaired) electrons. The molecule has 1 saturated heterocycles. The Balaban J connectivity index is 2.83. The first-order valence-corrected chi connectivity index (χ1v) is 7.01. The number of hydrogen-bond acceptors (Lipinski definition) is 4. The Morgan fingerprint density at radius 3 is 2.44 bits per heavy atom. The first-order valence-electron chi connectivity index (χ1n) is 5.19. The van der Waals surface area contributed by atoms with E-state index >= 15 is 0 Å². The van der Waals surface area contributed by atoms with Gasteiger partial charge in [-0.05, 0) is 19.8 Å². The normalized spacial score (nSPS) is 25.5. The van der Waals surface area contributed by atoms with Crippen molar-refractivity contribution in [3.8, 4) is 0 Å². The predicted molar refractivity (Wildman–Crippen MR) is 56.2 cm³/mol. The SMILES string of the molecule is C[C@@]1(COS(C)(=O)=O)CCCN1C(=O)C(F)(F)F. The zero-order chi connectivity index (χ0) is 14.2. The fourth-order valence-electron chi connectivity index (χ4n) is 1.91. The van der Waals surface area contributed by atoms with Gasteiger partial charge in [0.25, 0.3) is 10.1 Å². The molecule has 1 heterocycles. The summed E-state index contributed by atoms with van der Waals surface area (Å²) in [7, 11) is -3.75. The Bertz CT molecular complexity index is 434. The molecule has 1 aliphatic heterocycles. The highest BCUT2D eigenvalue weighted by molar-refractivity contribution is 7.85. The molecule has 5 nitrogen and oxygen atoms in total. The number of halogens is 3. The summed E-state index contributed by atoms with van der Waals surface area (Å²) < 4.78 is 63.3. The Labute approximate surface area is 103 Å². The third-order valence-electron chi connectivity index (χ3n) is 2.82. The minimum atomic E-state index is -4.96. The highest BCUT2D eigenvalue weighted by Crippen LogP contribution is 2.33. The lowest BCUT2D eigenvalue weighted by molar-refractivity contribution is -0.189. The third-order valence-corrected chi connectivity index (χ3v) is 3.37. The second kappa shape index (κ2) is 4.69. The van der Waals surface area contributed by atoms with E-state index < -0.39 is 34.3 Å². The lowest BCUT2D eigenvalue weighted by Gasteiger charge is -2.34. The first kappa shape index (κ1) is 15.2. The summed E-state index contributed by atoms with van der Waals surface area (Å²) in [6, 6.07) is 0. The monoisotopic (exact) mass is 289 g/mol. The molecule has 1 amide bonds. The van der Waals surface area contributed by atoms with Crippen LogP contribution in [0.1, 0.15) is 19.8 Å². The van der Waals surface area contributed by atoms with Crippen LogP contribution in [0.2, 0.25) is 0 Å². The van der Waals surface area contributed by atoms with Crippen molar-refractivity contribution in [2.45, 2.75) is 31.5 Å². The number of hydrogen-bond donors (Lipinski definition) is 0. The summed E-state index contributed by atoms with van der Waals surface area (Å²) in [5, 5.41) is 0. The van der Waals surface area contributed by atoms with Gasteiger partial charge in [0.05, 0.1) is 18.4 Å². The Kier molecular flexibility index (Phi) is 3.97. The molecule has 0 aromatic carbocycles. The van der Waals surface area contributed by atoms with Crippen LogP contribution in [-0.2, 0) is 19.1 Å². The highest BCUT2D eigenvalue weighted by Gasteiger charge is 2.50. The van der Waals surface area contributed by atoms with Gasteiger partial charge in [0, 0.05) is 6.54 Å². The van der Waals surface area contributed by atoms with Crippen molar-refractivity contribution in [1.29, 1.82) is 0 Å². The Hall–Kier alpha value is -0.830. The maximum atomic E-state index is 12.4. The van der Waals surface area contributed by atoms with Crippen molar-refractivity contribution in [3.05, 3.63) is 0 Å². The predicted octanol–water partition coefficient (Wildman–Crippen LogP) is 0.906. The molecule has 9 heteroatoms. The quantitative estimate of drug-likeness (QED) is 0.724. The van der Waals surface area contributed by atoms with Gasteiger partial charge in [0.15, 0.2) is 0 Å². The number of carbonyl (C=O) groups excluding carboxylic acids is 1. The van der Waals surface area contributed by atoms with Crippen molar-refractivity contribution >= 4 is 16.0 Å². The molecule has 0 bridgehead atoms. The molecular formula is C9H14F3NO4S. The fraction of sp³-hybridized carbons (Fsp3) is 0.889. The molecule has 18 heavy (non-hydrogen) atoms. The molecule has 0 spiro atoms. The summed E-state index contributed by atoms with van der Waals surface area (Å²) in [5.41, 5.74) is -1.24. The Morgan fingerprint density at radius 1 is 1.44 bits per heavy atom. The molecule has 1 rings (SSSR count). The average molecular weight is 289 g/mol. The van der Waals surface area contributed by atoms with E-state index in [0.717, 1.165) is 6.26 Å². The van der Waals surface area contributed by atoms with Crippen LogP contribution in [0.5, 0.6) is 0 Å². The maximum absolute atomic E-state index is 12.4. The summed E-state index contributed by atoms with van der Waals surface area (Å²) >= 11 is 0. The molecule has 1 fully saturated rings. The van der Waals surface area contributed by atoms with Gasteiger partial charge in [0.2, 0.25) is 0 Å². The smallest absolute Gasteiger partial charge is 0.327 e. The van der Waals surface area contributed by atoms with E-state index in [0.29, 0.717) is 11.3 Å². The van der Waals surface area contributed by atoms with Crippen molar-refractivity contribution in [3.63, 3.8) is 0 Å². The van der Waals surface area contributed by atoms with Gasteiger partial charge in [-0.25, -0.2) is 0 Å². The largest absolute Gasteiger partial charge is 0.471 e. The van der Waals surface area contributed by atoms with Crippen LogP contribution in [0.25, 0.3) is 0 Å². The zero-order valence-electron chi connectivity index (χ0n) is 9.95. The highest BCUT2D eigenvalue weighted by atomic mass is 32.2. The van der Waals surface area contributed by atoms with E-state index in [9.17, 15) is 26.4 Å². The number of alkyl halides is 3. The van der Waals surface area contributed by atoms with Crippen LogP contribution in [0.15, 0.2) is 0 Å². The van der Waals surface area contributed by atoms with Crippen molar-refractivity contribution in [1.82, 2.24) is 4.90 Å². The number of carbonyl (C=O) groups is 1. The van der Waals surface area contributed by atoms with Crippen molar-refractivity contribution < 1.29 is 30.6 Å². The van der Waals surface area contributed by atoms with Gasteiger partial charge in [-0.2, -0.15) is 21.6 Å². The molecule has 1 atom stereocenters. The van der Waals surface area contributed by atoms with Gasteiger partial charge in [-0.1, -0.05) is 0 Å². The van der Waals surface area contributed by atoms with Crippen LogP contribution in [0.4, 0.5) is 13.2 Å². The molecular weight excluding hydrogens is 275 g/mol. The second-order valence-corrected chi connectivity index (χ2v) is 6.17. The number of likely N-dealkylation sites (tertiary alicyclic amines) is 1. The van der Waals surface area contributed by atoms with E-state index in [1.165, 1.54) is 6.92 Å². The standard InChI is InChI=1S/C9H14F3NO4S/c1-8(6-17-18(2,15)16)4-3-5-13(8)7(14)9(10,11)12/h3-6H2,1-2H3/t8-/m0/s1. The van der Waals surface area contributed by atoms with Crippen LogP contribution >= 0.6 is 0 Å².